The third-order valence-corrected chi connectivity index (χ3v) is 4.29. The third-order valence-electron chi connectivity index (χ3n) is 2.78. The van der Waals surface area contributed by atoms with Gasteiger partial charge in [-0.2, -0.15) is 5.26 Å². The zero-order valence-electron chi connectivity index (χ0n) is 11.0. The highest BCUT2D eigenvalue weighted by Gasteiger charge is 2.12. The minimum Gasteiger partial charge on any atom is -0.321 e. The molecule has 7 heteroatoms. The molecule has 0 bridgehead atoms. The molecule has 0 aliphatic carbocycles. The number of amides is 1. The number of nitriles is 1. The molecule has 3 rings (SSSR count). The summed E-state index contributed by atoms with van der Waals surface area (Å²) in [5.74, 6) is -0.246. The summed E-state index contributed by atoms with van der Waals surface area (Å²) in [5, 5.41) is 13.4. The Hall–Kier alpha value is -2.30. The highest BCUT2D eigenvalue weighted by molar-refractivity contribution is 8.03. The van der Waals surface area contributed by atoms with Crippen molar-refractivity contribution in [1.29, 1.82) is 5.26 Å². The number of benzene rings is 1. The molecule has 0 saturated carbocycles. The minimum atomic E-state index is -0.246. The summed E-state index contributed by atoms with van der Waals surface area (Å²) in [4.78, 5) is 19.2. The number of aromatic nitrogens is 2. The number of aryl methyl sites for hydroxylation is 1. The minimum absolute atomic E-state index is 0.246. The van der Waals surface area contributed by atoms with Crippen LogP contribution in [0.15, 0.2) is 41.6 Å². The Balaban J connectivity index is 1.75. The molecule has 104 valence electrons. The molecular weight excluding hydrogens is 304 g/mol. The lowest BCUT2D eigenvalue weighted by molar-refractivity contribution is 0.102. The van der Waals surface area contributed by atoms with Crippen LogP contribution in [-0.4, -0.2) is 15.3 Å². The molecule has 5 nitrogen and oxygen atoms in total. The predicted molar refractivity (Wildman–Crippen MR) is 83.7 cm³/mol. The van der Waals surface area contributed by atoms with E-state index in [9.17, 15) is 4.79 Å². The third kappa shape index (κ3) is 2.91. The first-order valence-electron chi connectivity index (χ1n) is 6.08. The number of imidazole rings is 1. The molecule has 2 aromatic heterocycles. The first kappa shape index (κ1) is 13.7. The summed E-state index contributed by atoms with van der Waals surface area (Å²) >= 11 is 2.63. The van der Waals surface area contributed by atoms with E-state index in [0.29, 0.717) is 11.4 Å². The molecule has 0 saturated heterocycles. The van der Waals surface area contributed by atoms with Crippen molar-refractivity contribution in [2.24, 2.45) is 0 Å². The summed E-state index contributed by atoms with van der Waals surface area (Å²) in [7, 11) is 0. The second kappa shape index (κ2) is 5.60. The van der Waals surface area contributed by atoms with Crippen LogP contribution < -0.4 is 5.32 Å². The SMILES string of the molecule is Cc1cn2cc(C(=O)Nc3ccc(SC#N)cc3)nc2s1. The maximum absolute atomic E-state index is 12.1. The molecule has 0 aliphatic heterocycles. The van der Waals surface area contributed by atoms with Crippen molar-refractivity contribution in [3.05, 3.63) is 47.2 Å². The fourth-order valence-electron chi connectivity index (χ4n) is 1.87. The maximum Gasteiger partial charge on any atom is 0.275 e. The van der Waals surface area contributed by atoms with Crippen molar-refractivity contribution in [1.82, 2.24) is 9.38 Å². The molecule has 0 fully saturated rings. The number of nitrogens with one attached hydrogen (secondary N) is 1. The van der Waals surface area contributed by atoms with E-state index >= 15 is 0 Å². The number of thioether (sulfide) groups is 1. The van der Waals surface area contributed by atoms with Gasteiger partial charge in [0, 0.05) is 27.9 Å². The Kier molecular flexibility index (Phi) is 3.64. The van der Waals surface area contributed by atoms with E-state index in [4.69, 9.17) is 5.26 Å². The van der Waals surface area contributed by atoms with Crippen LogP contribution in [0.1, 0.15) is 15.4 Å². The quantitative estimate of drug-likeness (QED) is 0.593. The number of rotatable bonds is 3. The Bertz CT molecular complexity index is 811. The molecule has 21 heavy (non-hydrogen) atoms. The van der Waals surface area contributed by atoms with Gasteiger partial charge in [-0.1, -0.05) is 0 Å². The second-order valence-electron chi connectivity index (χ2n) is 4.33. The van der Waals surface area contributed by atoms with Crippen molar-refractivity contribution in [2.45, 2.75) is 11.8 Å². The van der Waals surface area contributed by atoms with Crippen molar-refractivity contribution >= 4 is 39.7 Å². The first-order chi connectivity index (χ1) is 10.2. The lowest BCUT2D eigenvalue weighted by atomic mass is 10.3. The van der Waals surface area contributed by atoms with Gasteiger partial charge in [-0.15, -0.1) is 11.3 Å². The Labute approximate surface area is 129 Å². The number of hydrogen-bond acceptors (Lipinski definition) is 5. The fraction of sp³-hybridized carbons (Fsp3) is 0.0714. The molecule has 1 amide bonds. The van der Waals surface area contributed by atoms with Gasteiger partial charge in [-0.25, -0.2) is 4.98 Å². The second-order valence-corrected chi connectivity index (χ2v) is 6.40. The van der Waals surface area contributed by atoms with Crippen molar-refractivity contribution in [3.63, 3.8) is 0 Å². The van der Waals surface area contributed by atoms with Crippen LogP contribution in [0.5, 0.6) is 0 Å². The van der Waals surface area contributed by atoms with E-state index in [2.05, 4.69) is 10.3 Å². The van der Waals surface area contributed by atoms with Crippen LogP contribution in [0.4, 0.5) is 5.69 Å². The average Bonchev–Trinajstić information content (AvgIpc) is 2.98. The normalized spacial score (nSPS) is 10.5. The average molecular weight is 314 g/mol. The molecule has 0 unspecified atom stereocenters. The van der Waals surface area contributed by atoms with Crippen molar-refractivity contribution in [3.8, 4) is 5.40 Å². The number of hydrogen-bond donors (Lipinski definition) is 1. The number of thiocyanates is 1. The number of fused-ring (bicyclic) bond motifs is 1. The maximum atomic E-state index is 12.1. The molecular formula is C14H10N4OS2. The summed E-state index contributed by atoms with van der Waals surface area (Å²) in [5.41, 5.74) is 1.06. The van der Waals surface area contributed by atoms with E-state index in [1.807, 2.05) is 22.9 Å². The summed E-state index contributed by atoms with van der Waals surface area (Å²) in [6.45, 7) is 2.00. The van der Waals surface area contributed by atoms with E-state index in [0.717, 1.165) is 26.5 Å². The molecule has 0 atom stereocenters. The van der Waals surface area contributed by atoms with E-state index in [1.165, 1.54) is 0 Å². The summed E-state index contributed by atoms with van der Waals surface area (Å²) in [6.07, 6.45) is 3.66. The van der Waals surface area contributed by atoms with Crippen molar-refractivity contribution in [2.75, 3.05) is 5.32 Å². The van der Waals surface area contributed by atoms with E-state index in [1.54, 1.807) is 41.8 Å². The van der Waals surface area contributed by atoms with Gasteiger partial charge in [0.25, 0.3) is 5.91 Å². The number of carbonyl (C=O) groups is 1. The van der Waals surface area contributed by atoms with Gasteiger partial charge in [-0.3, -0.25) is 9.20 Å². The molecule has 1 N–H and O–H groups in total. The van der Waals surface area contributed by atoms with Crippen LogP contribution in [0.25, 0.3) is 4.96 Å². The topological polar surface area (TPSA) is 70.2 Å². The highest BCUT2D eigenvalue weighted by atomic mass is 32.2. The Morgan fingerprint density at radius 1 is 1.38 bits per heavy atom. The summed E-state index contributed by atoms with van der Waals surface area (Å²) < 4.78 is 1.85. The lowest BCUT2D eigenvalue weighted by Gasteiger charge is -2.03. The van der Waals surface area contributed by atoms with Crippen LogP contribution in [-0.2, 0) is 0 Å². The largest absolute Gasteiger partial charge is 0.321 e. The number of nitrogens with zero attached hydrogens (tertiary/aromatic N) is 3. The van der Waals surface area contributed by atoms with Gasteiger partial charge in [0.05, 0.1) is 0 Å². The highest BCUT2D eigenvalue weighted by Crippen LogP contribution is 2.20. The van der Waals surface area contributed by atoms with Crippen LogP contribution in [0.3, 0.4) is 0 Å². The molecule has 3 aromatic rings. The smallest absolute Gasteiger partial charge is 0.275 e. The van der Waals surface area contributed by atoms with Crippen LogP contribution in [0.2, 0.25) is 0 Å². The van der Waals surface area contributed by atoms with Gasteiger partial charge in [0.1, 0.15) is 11.1 Å². The zero-order chi connectivity index (χ0) is 14.8. The molecule has 0 spiro atoms. The molecule has 0 radical (unpaired) electrons. The van der Waals surface area contributed by atoms with Crippen LogP contribution in [0, 0.1) is 17.6 Å². The number of anilines is 1. The molecule has 2 heterocycles. The van der Waals surface area contributed by atoms with Gasteiger partial charge < -0.3 is 5.32 Å². The van der Waals surface area contributed by atoms with Crippen LogP contribution >= 0.6 is 23.1 Å². The Morgan fingerprint density at radius 3 is 2.81 bits per heavy atom. The zero-order valence-corrected chi connectivity index (χ0v) is 12.7. The van der Waals surface area contributed by atoms with Gasteiger partial charge in [0.15, 0.2) is 4.96 Å². The number of thiazole rings is 1. The van der Waals surface area contributed by atoms with Gasteiger partial charge in [-0.05, 0) is 43.0 Å². The van der Waals surface area contributed by atoms with Gasteiger partial charge >= 0.3 is 0 Å². The lowest BCUT2D eigenvalue weighted by Crippen LogP contribution is -2.12. The Morgan fingerprint density at radius 2 is 2.14 bits per heavy atom. The van der Waals surface area contributed by atoms with Crippen molar-refractivity contribution < 1.29 is 4.79 Å². The first-order valence-corrected chi connectivity index (χ1v) is 7.71. The predicted octanol–water partition coefficient (Wildman–Crippen LogP) is 3.53. The molecule has 0 aliphatic rings. The van der Waals surface area contributed by atoms with E-state index in [-0.39, 0.29) is 5.91 Å². The standard InChI is InChI=1S/C14H10N4OS2/c1-9-6-18-7-12(17-14(18)21-9)13(19)16-10-2-4-11(5-3-10)20-8-15/h2-7H,1H3,(H,16,19). The number of carbonyl (C=O) groups excluding carboxylic acids is 1. The summed E-state index contributed by atoms with van der Waals surface area (Å²) in [6, 6.07) is 7.11. The van der Waals surface area contributed by atoms with Gasteiger partial charge in [0.2, 0.25) is 0 Å². The monoisotopic (exact) mass is 314 g/mol. The van der Waals surface area contributed by atoms with E-state index < -0.39 is 0 Å². The fourth-order valence-corrected chi connectivity index (χ4v) is 3.06. The molecule has 1 aromatic carbocycles.